The van der Waals surface area contributed by atoms with Crippen LogP contribution in [-0.2, 0) is 19.5 Å². The summed E-state index contributed by atoms with van der Waals surface area (Å²) in [6.45, 7) is 4.18. The van der Waals surface area contributed by atoms with Crippen LogP contribution in [0.1, 0.15) is 30.4 Å². The number of sulfonamides is 1. The van der Waals surface area contributed by atoms with Crippen LogP contribution in [0.2, 0.25) is 0 Å². The summed E-state index contributed by atoms with van der Waals surface area (Å²) in [6, 6.07) is 3.19. The molecule has 1 aromatic carbocycles. The molecular formula is C19H25ClN2O5S. The molecule has 2 atom stereocenters. The SMILES string of the molecule is COc1cc(C)c(S(=O)(=O)N2CCCC[C@H]2COC2=NC=CC(Cl)O2)c(C)c1. The third-order valence-corrected chi connectivity index (χ3v) is 7.33. The average Bonchev–Trinajstić information content (AvgIpc) is 2.65. The van der Waals surface area contributed by atoms with E-state index in [-0.39, 0.29) is 18.7 Å². The van der Waals surface area contributed by atoms with E-state index in [1.807, 2.05) is 0 Å². The summed E-state index contributed by atoms with van der Waals surface area (Å²) < 4.78 is 44.6. The molecule has 9 heteroatoms. The van der Waals surface area contributed by atoms with Gasteiger partial charge in [-0.15, -0.1) is 0 Å². The molecule has 3 rings (SSSR count). The lowest BCUT2D eigenvalue weighted by Gasteiger charge is -2.35. The number of rotatable bonds is 5. The van der Waals surface area contributed by atoms with E-state index >= 15 is 0 Å². The third kappa shape index (κ3) is 4.45. The number of ether oxygens (including phenoxy) is 3. The Kier molecular flexibility index (Phi) is 6.52. The molecule has 0 bridgehead atoms. The molecule has 0 N–H and O–H groups in total. The topological polar surface area (TPSA) is 77.4 Å². The van der Waals surface area contributed by atoms with Gasteiger partial charge in [0.05, 0.1) is 18.0 Å². The highest BCUT2D eigenvalue weighted by molar-refractivity contribution is 7.89. The molecular weight excluding hydrogens is 404 g/mol. The molecule has 0 aliphatic carbocycles. The number of hydrogen-bond acceptors (Lipinski definition) is 6. The highest BCUT2D eigenvalue weighted by Crippen LogP contribution is 2.32. The van der Waals surface area contributed by atoms with Gasteiger partial charge < -0.3 is 14.2 Å². The smallest absolute Gasteiger partial charge is 0.390 e. The largest absolute Gasteiger partial charge is 0.497 e. The maximum atomic E-state index is 13.5. The van der Waals surface area contributed by atoms with E-state index in [0.29, 0.717) is 34.7 Å². The minimum absolute atomic E-state index is 0.0576. The molecule has 0 aromatic heterocycles. The minimum atomic E-state index is -3.68. The number of nitrogens with zero attached hydrogens (tertiary/aromatic N) is 2. The summed E-state index contributed by atoms with van der Waals surface area (Å²) in [4.78, 5) is 4.31. The molecule has 1 fully saturated rings. The molecule has 1 saturated heterocycles. The van der Waals surface area contributed by atoms with Crippen LogP contribution < -0.4 is 4.74 Å². The number of aryl methyl sites for hydroxylation is 2. The molecule has 2 heterocycles. The Morgan fingerprint density at radius 1 is 1.29 bits per heavy atom. The molecule has 7 nitrogen and oxygen atoms in total. The number of alkyl halides is 1. The average molecular weight is 429 g/mol. The Hall–Kier alpha value is -1.77. The Labute approximate surface area is 171 Å². The van der Waals surface area contributed by atoms with Gasteiger partial charge in [0.15, 0.2) is 5.56 Å². The Balaban J connectivity index is 1.83. The van der Waals surface area contributed by atoms with E-state index in [1.165, 1.54) is 10.5 Å². The summed E-state index contributed by atoms with van der Waals surface area (Å²) in [5.41, 5.74) is 0.692. The second kappa shape index (κ2) is 8.71. The standard InChI is InChI=1S/C19H25ClN2O5S/c1-13-10-16(25-3)11-14(2)18(13)28(23,24)22-9-5-4-6-15(22)12-26-19-21-8-7-17(20)27-19/h7-8,10-11,15,17H,4-6,9,12H2,1-3H3/t15-,17?/m0/s1. The first-order chi connectivity index (χ1) is 13.3. The number of methoxy groups -OCH3 is 1. The first-order valence-corrected chi connectivity index (χ1v) is 11.1. The molecule has 0 amide bonds. The molecule has 0 spiro atoms. The molecule has 28 heavy (non-hydrogen) atoms. The van der Waals surface area contributed by atoms with Gasteiger partial charge in [-0.05, 0) is 56.0 Å². The highest BCUT2D eigenvalue weighted by Gasteiger charge is 2.36. The first kappa shape index (κ1) is 21.0. The second-order valence-corrected chi connectivity index (χ2v) is 9.13. The summed E-state index contributed by atoms with van der Waals surface area (Å²) in [6.07, 6.45) is 5.61. The fourth-order valence-corrected chi connectivity index (χ4v) is 5.82. The quantitative estimate of drug-likeness (QED) is 0.672. The maximum Gasteiger partial charge on any atom is 0.390 e. The zero-order valence-electron chi connectivity index (χ0n) is 16.2. The van der Waals surface area contributed by atoms with Crippen molar-refractivity contribution >= 4 is 27.7 Å². The van der Waals surface area contributed by atoms with Crippen LogP contribution >= 0.6 is 11.6 Å². The number of piperidine rings is 1. The van der Waals surface area contributed by atoms with Crippen LogP contribution in [0.15, 0.2) is 34.3 Å². The molecule has 1 unspecified atom stereocenters. The number of hydrogen-bond donors (Lipinski definition) is 0. The van der Waals surface area contributed by atoms with Crippen molar-refractivity contribution in [3.63, 3.8) is 0 Å². The van der Waals surface area contributed by atoms with Crippen LogP contribution in [0.4, 0.5) is 0 Å². The van der Waals surface area contributed by atoms with Crippen LogP contribution in [0.25, 0.3) is 0 Å². The van der Waals surface area contributed by atoms with Gasteiger partial charge in [-0.2, -0.15) is 9.30 Å². The van der Waals surface area contributed by atoms with E-state index in [9.17, 15) is 8.42 Å². The van der Waals surface area contributed by atoms with Crippen molar-refractivity contribution in [2.45, 2.75) is 49.6 Å². The number of aliphatic imine (C=N–C) groups is 1. The van der Waals surface area contributed by atoms with Crippen molar-refractivity contribution in [2.24, 2.45) is 4.99 Å². The summed E-state index contributed by atoms with van der Waals surface area (Å²) in [5, 5.41) is 0. The lowest BCUT2D eigenvalue weighted by molar-refractivity contribution is 0.112. The van der Waals surface area contributed by atoms with Crippen molar-refractivity contribution in [3.05, 3.63) is 35.5 Å². The van der Waals surface area contributed by atoms with Crippen LogP contribution in [-0.4, -0.2) is 50.7 Å². The second-order valence-electron chi connectivity index (χ2n) is 6.87. The van der Waals surface area contributed by atoms with Gasteiger partial charge in [-0.1, -0.05) is 18.0 Å². The van der Waals surface area contributed by atoms with Crippen molar-refractivity contribution < 1.29 is 22.6 Å². The van der Waals surface area contributed by atoms with Crippen molar-refractivity contribution in [3.8, 4) is 5.75 Å². The highest BCUT2D eigenvalue weighted by atomic mass is 35.5. The van der Waals surface area contributed by atoms with E-state index < -0.39 is 15.6 Å². The van der Waals surface area contributed by atoms with Gasteiger partial charge in [-0.25, -0.2) is 8.42 Å². The predicted molar refractivity (Wildman–Crippen MR) is 107 cm³/mol. The van der Waals surface area contributed by atoms with Gasteiger partial charge in [0.2, 0.25) is 10.0 Å². The van der Waals surface area contributed by atoms with Gasteiger partial charge in [0.1, 0.15) is 12.4 Å². The minimum Gasteiger partial charge on any atom is -0.497 e. The maximum absolute atomic E-state index is 13.5. The zero-order valence-corrected chi connectivity index (χ0v) is 17.8. The van der Waals surface area contributed by atoms with Gasteiger partial charge in [0.25, 0.3) is 0 Å². The Bertz CT molecular complexity index is 861. The summed E-state index contributed by atoms with van der Waals surface area (Å²) in [5.74, 6) is 0.642. The normalized spacial score (nSPS) is 23.1. The van der Waals surface area contributed by atoms with Crippen LogP contribution in [0, 0.1) is 13.8 Å². The zero-order chi connectivity index (χ0) is 20.3. The molecule has 1 aromatic rings. The van der Waals surface area contributed by atoms with Crippen LogP contribution in [0.3, 0.4) is 0 Å². The first-order valence-electron chi connectivity index (χ1n) is 9.18. The van der Waals surface area contributed by atoms with E-state index in [1.54, 1.807) is 39.2 Å². The summed E-state index contributed by atoms with van der Waals surface area (Å²) >= 11 is 5.89. The fraction of sp³-hybridized carbons (Fsp3) is 0.526. The molecule has 0 saturated carbocycles. The van der Waals surface area contributed by atoms with Crippen molar-refractivity contribution in [1.29, 1.82) is 0 Å². The van der Waals surface area contributed by atoms with Gasteiger partial charge >= 0.3 is 6.08 Å². The lowest BCUT2D eigenvalue weighted by Crippen LogP contribution is -2.46. The molecule has 2 aliphatic heterocycles. The van der Waals surface area contributed by atoms with Crippen molar-refractivity contribution in [2.75, 3.05) is 20.3 Å². The summed E-state index contributed by atoms with van der Waals surface area (Å²) in [7, 11) is -2.12. The fourth-order valence-electron chi connectivity index (χ4n) is 3.59. The number of benzene rings is 1. The monoisotopic (exact) mass is 428 g/mol. The van der Waals surface area contributed by atoms with Crippen molar-refractivity contribution in [1.82, 2.24) is 4.31 Å². The predicted octanol–water partition coefficient (Wildman–Crippen LogP) is 3.34. The van der Waals surface area contributed by atoms with E-state index in [4.69, 9.17) is 25.8 Å². The molecule has 154 valence electrons. The molecule has 2 aliphatic rings. The molecule has 0 radical (unpaired) electrons. The van der Waals surface area contributed by atoms with E-state index in [0.717, 1.165) is 12.8 Å². The Morgan fingerprint density at radius 2 is 2.00 bits per heavy atom. The Morgan fingerprint density at radius 3 is 2.64 bits per heavy atom. The number of halogens is 1. The van der Waals surface area contributed by atoms with Crippen LogP contribution in [0.5, 0.6) is 5.75 Å². The lowest BCUT2D eigenvalue weighted by atomic mass is 10.1. The van der Waals surface area contributed by atoms with Gasteiger partial charge in [0, 0.05) is 12.7 Å². The van der Waals surface area contributed by atoms with Gasteiger partial charge in [-0.3, -0.25) is 0 Å². The third-order valence-electron chi connectivity index (χ3n) is 4.84. The van der Waals surface area contributed by atoms with E-state index in [2.05, 4.69) is 4.99 Å².